The number of nitrogens with zero attached hydrogens (tertiary/aromatic N) is 3. The van der Waals surface area contributed by atoms with Gasteiger partial charge in [-0.05, 0) is 48.9 Å². The highest BCUT2D eigenvalue weighted by atomic mass is 32.1. The fourth-order valence-electron chi connectivity index (χ4n) is 3.16. The molecule has 7 nitrogen and oxygen atoms in total. The van der Waals surface area contributed by atoms with E-state index < -0.39 is 0 Å². The van der Waals surface area contributed by atoms with Crippen LogP contribution in [0.3, 0.4) is 0 Å². The average molecular weight is 450 g/mol. The first kappa shape index (κ1) is 21.6. The monoisotopic (exact) mass is 449 g/mol. The van der Waals surface area contributed by atoms with Crippen molar-refractivity contribution in [3.63, 3.8) is 0 Å². The maximum absolute atomic E-state index is 13.2. The number of amides is 1. The summed E-state index contributed by atoms with van der Waals surface area (Å²) in [4.78, 5) is 23.7. The highest BCUT2D eigenvalue weighted by molar-refractivity contribution is 7.22. The molecule has 0 aliphatic rings. The second-order valence-electron chi connectivity index (χ2n) is 6.84. The zero-order valence-corrected chi connectivity index (χ0v) is 18.7. The Morgan fingerprint density at radius 3 is 2.66 bits per heavy atom. The SMILES string of the molecule is CCOc1ccc2nc(N(Cc3cccnc3)C(=O)COc3ccccc3OC)sc2c1. The van der Waals surface area contributed by atoms with Crippen molar-refractivity contribution in [3.05, 3.63) is 72.6 Å². The Labute approximate surface area is 190 Å². The predicted octanol–water partition coefficient (Wildman–Crippen LogP) is 4.71. The molecule has 2 heterocycles. The van der Waals surface area contributed by atoms with Gasteiger partial charge in [0.05, 0.1) is 30.5 Å². The van der Waals surface area contributed by atoms with E-state index in [0.717, 1.165) is 21.5 Å². The van der Waals surface area contributed by atoms with Crippen LogP contribution in [0.5, 0.6) is 17.2 Å². The molecule has 8 heteroatoms. The maximum atomic E-state index is 13.2. The molecule has 0 saturated heterocycles. The maximum Gasteiger partial charge on any atom is 0.267 e. The molecule has 0 radical (unpaired) electrons. The van der Waals surface area contributed by atoms with Gasteiger partial charge in [-0.25, -0.2) is 4.98 Å². The van der Waals surface area contributed by atoms with E-state index in [4.69, 9.17) is 14.2 Å². The van der Waals surface area contributed by atoms with Crippen molar-refractivity contribution in [1.29, 1.82) is 0 Å². The molecule has 2 aromatic heterocycles. The number of carbonyl (C=O) groups is 1. The summed E-state index contributed by atoms with van der Waals surface area (Å²) < 4.78 is 17.6. The molecule has 0 aliphatic heterocycles. The highest BCUT2D eigenvalue weighted by Crippen LogP contribution is 2.33. The normalized spacial score (nSPS) is 10.7. The number of thiazole rings is 1. The van der Waals surface area contributed by atoms with Crippen molar-refractivity contribution in [2.45, 2.75) is 13.5 Å². The molecular formula is C24H23N3O4S. The number of para-hydroxylation sites is 2. The highest BCUT2D eigenvalue weighted by Gasteiger charge is 2.22. The van der Waals surface area contributed by atoms with Gasteiger partial charge in [-0.3, -0.25) is 14.7 Å². The van der Waals surface area contributed by atoms with Gasteiger partial charge in [0.2, 0.25) is 0 Å². The van der Waals surface area contributed by atoms with Crippen LogP contribution in [-0.2, 0) is 11.3 Å². The Hall–Kier alpha value is -3.65. The third kappa shape index (κ3) is 4.97. The van der Waals surface area contributed by atoms with Crippen molar-refractivity contribution >= 4 is 32.6 Å². The second-order valence-corrected chi connectivity index (χ2v) is 7.85. The zero-order valence-electron chi connectivity index (χ0n) is 17.9. The van der Waals surface area contributed by atoms with Crippen molar-refractivity contribution in [2.24, 2.45) is 0 Å². The summed E-state index contributed by atoms with van der Waals surface area (Å²) in [6.07, 6.45) is 3.44. The number of hydrogen-bond acceptors (Lipinski definition) is 7. The molecule has 0 N–H and O–H groups in total. The molecule has 0 atom stereocenters. The van der Waals surface area contributed by atoms with E-state index in [2.05, 4.69) is 9.97 Å². The number of rotatable bonds is 9. The lowest BCUT2D eigenvalue weighted by atomic mass is 10.2. The lowest BCUT2D eigenvalue weighted by Gasteiger charge is -2.20. The van der Waals surface area contributed by atoms with Crippen LogP contribution in [0.1, 0.15) is 12.5 Å². The Balaban J connectivity index is 1.61. The minimum absolute atomic E-state index is 0.152. The van der Waals surface area contributed by atoms with E-state index in [1.54, 1.807) is 36.5 Å². The van der Waals surface area contributed by atoms with E-state index in [0.29, 0.717) is 29.8 Å². The molecular weight excluding hydrogens is 426 g/mol. The summed E-state index contributed by atoms with van der Waals surface area (Å²) in [7, 11) is 1.57. The standard InChI is InChI=1S/C24H23N3O4S/c1-3-30-18-10-11-19-22(13-18)32-24(26-19)27(15-17-7-6-12-25-14-17)23(28)16-31-21-9-5-4-8-20(21)29-2/h4-14H,3,15-16H2,1-2H3. The van der Waals surface area contributed by atoms with Gasteiger partial charge in [0.25, 0.3) is 5.91 Å². The summed E-state index contributed by atoms with van der Waals surface area (Å²) >= 11 is 1.44. The van der Waals surface area contributed by atoms with Gasteiger partial charge in [-0.15, -0.1) is 0 Å². The molecule has 0 spiro atoms. The molecule has 164 valence electrons. The van der Waals surface area contributed by atoms with Crippen LogP contribution in [0.25, 0.3) is 10.2 Å². The van der Waals surface area contributed by atoms with Crippen molar-refractivity contribution in [1.82, 2.24) is 9.97 Å². The number of benzene rings is 2. The van der Waals surface area contributed by atoms with Crippen LogP contribution in [0.15, 0.2) is 67.0 Å². The summed E-state index contributed by atoms with van der Waals surface area (Å²) in [5, 5.41) is 0.589. The van der Waals surface area contributed by atoms with Crippen molar-refractivity contribution < 1.29 is 19.0 Å². The minimum Gasteiger partial charge on any atom is -0.494 e. The third-order valence-electron chi connectivity index (χ3n) is 4.68. The van der Waals surface area contributed by atoms with E-state index in [1.807, 2.05) is 49.4 Å². The van der Waals surface area contributed by atoms with Gasteiger partial charge in [0, 0.05) is 12.4 Å². The number of anilines is 1. The fourth-order valence-corrected chi connectivity index (χ4v) is 4.17. The largest absolute Gasteiger partial charge is 0.494 e. The summed E-state index contributed by atoms with van der Waals surface area (Å²) in [5.74, 6) is 1.64. The number of fused-ring (bicyclic) bond motifs is 1. The Morgan fingerprint density at radius 2 is 1.91 bits per heavy atom. The smallest absolute Gasteiger partial charge is 0.267 e. The van der Waals surface area contributed by atoms with Gasteiger partial charge in [0.1, 0.15) is 5.75 Å². The average Bonchev–Trinajstić information content (AvgIpc) is 3.25. The Morgan fingerprint density at radius 1 is 1.06 bits per heavy atom. The molecule has 4 aromatic rings. The molecule has 0 bridgehead atoms. The van der Waals surface area contributed by atoms with E-state index in [-0.39, 0.29) is 12.5 Å². The quantitative estimate of drug-likeness (QED) is 0.368. The van der Waals surface area contributed by atoms with Crippen LogP contribution >= 0.6 is 11.3 Å². The molecule has 0 saturated carbocycles. The van der Waals surface area contributed by atoms with Gasteiger partial charge < -0.3 is 14.2 Å². The van der Waals surface area contributed by atoms with Gasteiger partial charge in [0.15, 0.2) is 23.2 Å². The molecule has 0 fully saturated rings. The third-order valence-corrected chi connectivity index (χ3v) is 5.72. The van der Waals surface area contributed by atoms with Crippen LogP contribution in [0.4, 0.5) is 5.13 Å². The number of ether oxygens (including phenoxy) is 3. The van der Waals surface area contributed by atoms with Crippen LogP contribution in [-0.4, -0.2) is 36.2 Å². The van der Waals surface area contributed by atoms with Crippen molar-refractivity contribution in [3.8, 4) is 17.2 Å². The van der Waals surface area contributed by atoms with Crippen LogP contribution < -0.4 is 19.1 Å². The molecule has 4 rings (SSSR count). The summed E-state index contributed by atoms with van der Waals surface area (Å²) in [5.41, 5.74) is 1.70. The number of aromatic nitrogens is 2. The lowest BCUT2D eigenvalue weighted by Crippen LogP contribution is -2.34. The number of hydrogen-bond donors (Lipinski definition) is 0. The van der Waals surface area contributed by atoms with Crippen molar-refractivity contribution in [2.75, 3.05) is 25.2 Å². The van der Waals surface area contributed by atoms with E-state index >= 15 is 0 Å². The Kier molecular flexibility index (Phi) is 6.81. The molecule has 32 heavy (non-hydrogen) atoms. The molecule has 0 unspecified atom stereocenters. The van der Waals surface area contributed by atoms with Gasteiger partial charge >= 0.3 is 0 Å². The van der Waals surface area contributed by atoms with Crippen LogP contribution in [0, 0.1) is 0 Å². The van der Waals surface area contributed by atoms with Gasteiger partial charge in [-0.1, -0.05) is 29.5 Å². The van der Waals surface area contributed by atoms with Gasteiger partial charge in [-0.2, -0.15) is 0 Å². The lowest BCUT2D eigenvalue weighted by molar-refractivity contribution is -0.120. The zero-order chi connectivity index (χ0) is 22.3. The molecule has 2 aromatic carbocycles. The predicted molar refractivity (Wildman–Crippen MR) is 125 cm³/mol. The molecule has 1 amide bonds. The fraction of sp³-hybridized carbons (Fsp3) is 0.208. The first-order valence-electron chi connectivity index (χ1n) is 10.2. The summed E-state index contributed by atoms with van der Waals surface area (Å²) in [6.45, 7) is 2.71. The number of carbonyl (C=O) groups excluding carboxylic acids is 1. The first-order chi connectivity index (χ1) is 15.7. The van der Waals surface area contributed by atoms with Crippen LogP contribution in [0.2, 0.25) is 0 Å². The first-order valence-corrected chi connectivity index (χ1v) is 11.0. The Bertz CT molecular complexity index is 1200. The van der Waals surface area contributed by atoms with E-state index in [1.165, 1.54) is 11.3 Å². The van der Waals surface area contributed by atoms with E-state index in [9.17, 15) is 4.79 Å². The number of methoxy groups -OCH3 is 1. The minimum atomic E-state index is -0.219. The molecule has 0 aliphatic carbocycles. The topological polar surface area (TPSA) is 73.8 Å². The summed E-state index contributed by atoms with van der Waals surface area (Å²) in [6, 6.07) is 16.7. The second kappa shape index (κ2) is 10.1. The number of pyridine rings is 1.